The van der Waals surface area contributed by atoms with Crippen LogP contribution < -0.4 is 5.32 Å². The molecular weight excluding hydrogens is 404 g/mol. The van der Waals surface area contributed by atoms with Crippen LogP contribution in [0.5, 0.6) is 0 Å². The van der Waals surface area contributed by atoms with Crippen LogP contribution in [0.2, 0.25) is 0 Å². The molecule has 0 spiro atoms. The van der Waals surface area contributed by atoms with Gasteiger partial charge in [-0.3, -0.25) is 19.3 Å². The van der Waals surface area contributed by atoms with Crippen LogP contribution in [0.3, 0.4) is 0 Å². The molecule has 0 unspecified atom stereocenters. The molecule has 1 N–H and O–H groups in total. The normalized spacial score (nSPS) is 13.8. The average molecular weight is 426 g/mol. The molecule has 2 aromatic rings. The predicted octanol–water partition coefficient (Wildman–Crippen LogP) is 3.14. The van der Waals surface area contributed by atoms with Crippen molar-refractivity contribution in [1.82, 2.24) is 4.90 Å². The summed E-state index contributed by atoms with van der Waals surface area (Å²) in [6.45, 7) is 1.79. The van der Waals surface area contributed by atoms with E-state index in [0.29, 0.717) is 34.6 Å². The molecule has 156 valence electrons. The van der Waals surface area contributed by atoms with E-state index >= 15 is 0 Å². The van der Waals surface area contributed by atoms with Gasteiger partial charge in [-0.25, -0.2) is 4.79 Å². The minimum Gasteiger partial charge on any atom is -0.465 e. The number of anilines is 1. The molecule has 0 aromatic heterocycles. The number of nitrogens with one attached hydrogen (secondary N) is 1. The van der Waals surface area contributed by atoms with Crippen molar-refractivity contribution in [2.75, 3.05) is 24.4 Å². The van der Waals surface area contributed by atoms with E-state index in [1.54, 1.807) is 43.3 Å². The molecule has 0 bridgehead atoms. The Morgan fingerprint density at radius 2 is 1.73 bits per heavy atom. The number of methoxy groups -OCH3 is 1. The molecule has 3 rings (SSSR count). The third-order valence-electron chi connectivity index (χ3n) is 4.95. The Hall–Kier alpha value is -3.13. The fourth-order valence-corrected chi connectivity index (χ4v) is 3.77. The molecule has 8 heteroatoms. The lowest BCUT2D eigenvalue weighted by atomic mass is 10.1. The van der Waals surface area contributed by atoms with E-state index in [0.717, 1.165) is 10.5 Å². The highest BCUT2D eigenvalue weighted by Gasteiger charge is 2.42. The highest BCUT2D eigenvalue weighted by atomic mass is 32.2. The molecule has 0 fully saturated rings. The van der Waals surface area contributed by atoms with Crippen molar-refractivity contribution in [3.8, 4) is 0 Å². The van der Waals surface area contributed by atoms with Gasteiger partial charge in [-0.1, -0.05) is 18.2 Å². The maximum Gasteiger partial charge on any atom is 0.337 e. The van der Waals surface area contributed by atoms with E-state index in [1.165, 1.54) is 24.9 Å². The van der Waals surface area contributed by atoms with Gasteiger partial charge in [0.15, 0.2) is 0 Å². The van der Waals surface area contributed by atoms with Gasteiger partial charge in [0.1, 0.15) is 6.04 Å². The Morgan fingerprint density at radius 3 is 2.30 bits per heavy atom. The van der Waals surface area contributed by atoms with Gasteiger partial charge in [0.2, 0.25) is 5.91 Å². The Balaban J connectivity index is 1.90. The van der Waals surface area contributed by atoms with E-state index in [9.17, 15) is 19.2 Å². The minimum absolute atomic E-state index is 0.291. The molecule has 3 amide bonds. The zero-order valence-corrected chi connectivity index (χ0v) is 17.7. The number of hydrogen-bond donors (Lipinski definition) is 1. The second kappa shape index (κ2) is 9.13. The molecule has 1 heterocycles. The number of ether oxygens (including phenoxy) is 1. The third kappa shape index (κ3) is 4.09. The summed E-state index contributed by atoms with van der Waals surface area (Å²) >= 11 is 1.52. The van der Waals surface area contributed by atoms with Crippen LogP contribution >= 0.6 is 11.8 Å². The first kappa shape index (κ1) is 21.6. The topological polar surface area (TPSA) is 92.8 Å². The van der Waals surface area contributed by atoms with Crippen molar-refractivity contribution in [2.45, 2.75) is 19.4 Å². The maximum atomic E-state index is 13.2. The number of esters is 1. The zero-order valence-electron chi connectivity index (χ0n) is 16.9. The Morgan fingerprint density at radius 1 is 1.10 bits per heavy atom. The summed E-state index contributed by atoms with van der Waals surface area (Å²) in [5.74, 6) is -1.37. The van der Waals surface area contributed by atoms with Crippen LogP contribution in [-0.2, 0) is 9.53 Å². The van der Waals surface area contributed by atoms with E-state index in [-0.39, 0.29) is 0 Å². The number of fused-ring (bicyclic) bond motifs is 1. The number of carbonyl (C=O) groups excluding carboxylic acids is 4. The molecule has 0 saturated carbocycles. The quantitative estimate of drug-likeness (QED) is 0.540. The lowest BCUT2D eigenvalue weighted by Gasteiger charge is -2.25. The van der Waals surface area contributed by atoms with Crippen molar-refractivity contribution in [3.63, 3.8) is 0 Å². The summed E-state index contributed by atoms with van der Waals surface area (Å²) in [5, 5.41) is 2.78. The summed E-state index contributed by atoms with van der Waals surface area (Å²) in [6.07, 6.45) is 2.20. The van der Waals surface area contributed by atoms with Gasteiger partial charge in [-0.15, -0.1) is 0 Å². The number of amides is 3. The van der Waals surface area contributed by atoms with Gasteiger partial charge in [0, 0.05) is 5.69 Å². The summed E-state index contributed by atoms with van der Waals surface area (Å²) in [4.78, 5) is 51.8. The Bertz CT molecular complexity index is 985. The smallest absolute Gasteiger partial charge is 0.337 e. The number of imide groups is 1. The second-order valence-electron chi connectivity index (χ2n) is 6.83. The number of hydrogen-bond acceptors (Lipinski definition) is 6. The van der Waals surface area contributed by atoms with E-state index < -0.39 is 29.7 Å². The SMILES string of the molecule is COC(=O)c1ccc(C)c(NC(=O)[C@H](CCSC)N2C(=O)c3ccccc3C2=O)c1. The number of carbonyl (C=O) groups is 4. The summed E-state index contributed by atoms with van der Waals surface area (Å²) in [7, 11) is 1.28. The largest absolute Gasteiger partial charge is 0.465 e. The molecule has 0 aliphatic carbocycles. The first-order valence-corrected chi connectivity index (χ1v) is 10.7. The number of aryl methyl sites for hydroxylation is 1. The van der Waals surface area contributed by atoms with Gasteiger partial charge in [-0.05, 0) is 55.2 Å². The van der Waals surface area contributed by atoms with Crippen molar-refractivity contribution in [3.05, 3.63) is 64.7 Å². The lowest BCUT2D eigenvalue weighted by molar-refractivity contribution is -0.120. The van der Waals surface area contributed by atoms with Gasteiger partial charge < -0.3 is 10.1 Å². The van der Waals surface area contributed by atoms with Crippen molar-refractivity contribution in [1.29, 1.82) is 0 Å². The summed E-state index contributed by atoms with van der Waals surface area (Å²) < 4.78 is 4.73. The fourth-order valence-electron chi connectivity index (χ4n) is 3.32. The monoisotopic (exact) mass is 426 g/mol. The predicted molar refractivity (Wildman–Crippen MR) is 115 cm³/mol. The van der Waals surface area contributed by atoms with E-state index in [2.05, 4.69) is 5.32 Å². The molecule has 7 nitrogen and oxygen atoms in total. The average Bonchev–Trinajstić information content (AvgIpc) is 3.00. The zero-order chi connectivity index (χ0) is 21.8. The standard InChI is InChI=1S/C22H22N2O5S/c1-13-8-9-14(22(28)29-2)12-17(13)23-19(25)18(10-11-30-3)24-20(26)15-6-4-5-7-16(15)21(24)27/h4-9,12,18H,10-11H2,1-3H3,(H,23,25)/t18-/m0/s1. The third-order valence-corrected chi connectivity index (χ3v) is 5.60. The van der Waals surface area contributed by atoms with Crippen LogP contribution in [0.25, 0.3) is 0 Å². The first-order chi connectivity index (χ1) is 14.4. The fraction of sp³-hybridized carbons (Fsp3) is 0.273. The second-order valence-corrected chi connectivity index (χ2v) is 7.82. The van der Waals surface area contributed by atoms with Crippen LogP contribution in [0.4, 0.5) is 5.69 Å². The van der Waals surface area contributed by atoms with Crippen LogP contribution in [0.1, 0.15) is 43.1 Å². The first-order valence-electron chi connectivity index (χ1n) is 9.34. The van der Waals surface area contributed by atoms with Crippen LogP contribution in [-0.4, -0.2) is 53.8 Å². The minimum atomic E-state index is -0.967. The molecule has 1 atom stereocenters. The Labute approximate surface area is 178 Å². The van der Waals surface area contributed by atoms with E-state index in [4.69, 9.17) is 4.74 Å². The maximum absolute atomic E-state index is 13.2. The summed E-state index contributed by atoms with van der Waals surface area (Å²) in [5.41, 5.74) is 2.05. The number of rotatable bonds is 7. The van der Waals surface area contributed by atoms with Gasteiger partial charge in [0.05, 0.1) is 23.8 Å². The molecular formula is C22H22N2O5S. The molecule has 0 saturated heterocycles. The van der Waals surface area contributed by atoms with Crippen molar-refractivity contribution < 1.29 is 23.9 Å². The molecule has 1 aliphatic rings. The Kier molecular flexibility index (Phi) is 6.56. The highest BCUT2D eigenvalue weighted by molar-refractivity contribution is 7.98. The van der Waals surface area contributed by atoms with E-state index in [1.807, 2.05) is 6.26 Å². The van der Waals surface area contributed by atoms with Crippen molar-refractivity contribution in [2.24, 2.45) is 0 Å². The molecule has 0 radical (unpaired) electrons. The molecule has 1 aliphatic heterocycles. The lowest BCUT2D eigenvalue weighted by Crippen LogP contribution is -2.47. The number of thioether (sulfide) groups is 1. The van der Waals surface area contributed by atoms with Gasteiger partial charge in [0.25, 0.3) is 11.8 Å². The summed E-state index contributed by atoms with van der Waals surface area (Å²) in [6, 6.07) is 10.4. The number of benzene rings is 2. The highest BCUT2D eigenvalue weighted by Crippen LogP contribution is 2.27. The van der Waals surface area contributed by atoms with Gasteiger partial charge >= 0.3 is 5.97 Å². The van der Waals surface area contributed by atoms with Gasteiger partial charge in [-0.2, -0.15) is 11.8 Å². The number of nitrogens with zero attached hydrogens (tertiary/aromatic N) is 1. The van der Waals surface area contributed by atoms with Crippen LogP contribution in [0.15, 0.2) is 42.5 Å². The van der Waals surface area contributed by atoms with Crippen LogP contribution in [0, 0.1) is 6.92 Å². The molecule has 2 aromatic carbocycles. The molecule has 30 heavy (non-hydrogen) atoms. The van der Waals surface area contributed by atoms with Crippen molar-refractivity contribution >= 4 is 41.1 Å².